The number of sulfone groups is 1. The van der Waals surface area contributed by atoms with Crippen LogP contribution in [0.4, 0.5) is 4.39 Å². The lowest BCUT2D eigenvalue weighted by Gasteiger charge is -2.25. The van der Waals surface area contributed by atoms with Crippen molar-refractivity contribution in [2.45, 2.75) is 24.6 Å². The highest BCUT2D eigenvalue weighted by Gasteiger charge is 2.43. The van der Waals surface area contributed by atoms with Crippen LogP contribution in [0.25, 0.3) is 11.1 Å². The second-order valence-electron chi connectivity index (χ2n) is 6.46. The van der Waals surface area contributed by atoms with E-state index in [0.717, 1.165) is 6.26 Å². The standard InChI is InChI=1S/C18H21FN2O6S/c1-18(17(23)20-24,28(3,25)26)8-10-21-9-7-12(11-15(21)22)13-5-4-6-14(27-2)16(13)19/h4-7,9,11,24H,8,10H2,1-3H3,(H,20,23)/t18-/m1/s1. The van der Waals surface area contributed by atoms with Gasteiger partial charge in [-0.25, -0.2) is 18.3 Å². The van der Waals surface area contributed by atoms with Crippen LogP contribution in [0.1, 0.15) is 13.3 Å². The quantitative estimate of drug-likeness (QED) is 0.524. The van der Waals surface area contributed by atoms with E-state index < -0.39 is 31.9 Å². The van der Waals surface area contributed by atoms with Crippen molar-refractivity contribution in [3.8, 4) is 16.9 Å². The highest BCUT2D eigenvalue weighted by atomic mass is 32.2. The van der Waals surface area contributed by atoms with Crippen molar-refractivity contribution in [2.75, 3.05) is 13.4 Å². The fraction of sp³-hybridized carbons (Fsp3) is 0.333. The minimum atomic E-state index is -3.87. The summed E-state index contributed by atoms with van der Waals surface area (Å²) < 4.78 is 42.6. The van der Waals surface area contributed by atoms with Gasteiger partial charge in [-0.15, -0.1) is 0 Å². The van der Waals surface area contributed by atoms with Gasteiger partial charge in [-0.1, -0.05) is 12.1 Å². The molecule has 0 saturated heterocycles. The Morgan fingerprint density at radius 1 is 1.36 bits per heavy atom. The zero-order valence-corrected chi connectivity index (χ0v) is 16.4. The third kappa shape index (κ3) is 4.07. The number of hydroxylamine groups is 1. The number of halogens is 1. The molecule has 0 spiro atoms. The molecule has 1 aromatic carbocycles. The van der Waals surface area contributed by atoms with Gasteiger partial charge in [0.05, 0.1) is 7.11 Å². The van der Waals surface area contributed by atoms with Gasteiger partial charge in [0.2, 0.25) is 0 Å². The monoisotopic (exact) mass is 412 g/mol. The van der Waals surface area contributed by atoms with E-state index in [0.29, 0.717) is 5.56 Å². The molecule has 10 heteroatoms. The fourth-order valence-electron chi connectivity index (χ4n) is 2.67. The van der Waals surface area contributed by atoms with E-state index in [1.54, 1.807) is 6.07 Å². The molecule has 28 heavy (non-hydrogen) atoms. The van der Waals surface area contributed by atoms with Crippen LogP contribution in [0.3, 0.4) is 0 Å². The molecule has 2 rings (SSSR count). The number of hydrogen-bond acceptors (Lipinski definition) is 6. The van der Waals surface area contributed by atoms with Crippen LogP contribution in [0.5, 0.6) is 5.75 Å². The first-order valence-corrected chi connectivity index (χ1v) is 10.1. The molecular formula is C18H21FN2O6S. The van der Waals surface area contributed by atoms with Gasteiger partial charge in [0.25, 0.3) is 11.5 Å². The van der Waals surface area contributed by atoms with Gasteiger partial charge in [-0.05, 0) is 31.0 Å². The Morgan fingerprint density at radius 2 is 2.04 bits per heavy atom. The molecule has 0 bridgehead atoms. The predicted octanol–water partition coefficient (Wildman–Crippen LogP) is 1.36. The molecular weight excluding hydrogens is 391 g/mol. The van der Waals surface area contributed by atoms with Gasteiger partial charge < -0.3 is 9.30 Å². The van der Waals surface area contributed by atoms with Crippen LogP contribution < -0.4 is 15.8 Å². The zero-order valence-electron chi connectivity index (χ0n) is 15.6. The maximum atomic E-state index is 14.4. The Bertz CT molecular complexity index is 1050. The van der Waals surface area contributed by atoms with E-state index in [9.17, 15) is 22.4 Å². The van der Waals surface area contributed by atoms with Crippen molar-refractivity contribution < 1.29 is 27.5 Å². The van der Waals surface area contributed by atoms with Crippen LogP contribution >= 0.6 is 0 Å². The van der Waals surface area contributed by atoms with Gasteiger partial charge in [0, 0.05) is 30.6 Å². The Hall–Kier alpha value is -2.72. The first-order valence-electron chi connectivity index (χ1n) is 8.22. The van der Waals surface area contributed by atoms with Gasteiger partial charge >= 0.3 is 0 Å². The molecule has 0 saturated carbocycles. The van der Waals surface area contributed by atoms with Crippen molar-refractivity contribution in [3.05, 3.63) is 52.7 Å². The summed E-state index contributed by atoms with van der Waals surface area (Å²) >= 11 is 0. The van der Waals surface area contributed by atoms with Gasteiger partial charge in [0.15, 0.2) is 26.2 Å². The number of amides is 1. The van der Waals surface area contributed by atoms with E-state index in [2.05, 4.69) is 0 Å². The maximum Gasteiger partial charge on any atom is 0.264 e. The minimum absolute atomic E-state index is 0.0422. The lowest BCUT2D eigenvalue weighted by Crippen LogP contribution is -2.49. The number of methoxy groups -OCH3 is 1. The summed E-state index contributed by atoms with van der Waals surface area (Å²) in [5.74, 6) is -1.65. The molecule has 0 aliphatic rings. The molecule has 0 fully saturated rings. The number of nitrogens with zero attached hydrogens (tertiary/aromatic N) is 1. The lowest BCUT2D eigenvalue weighted by molar-refractivity contribution is -0.131. The molecule has 1 amide bonds. The first kappa shape index (κ1) is 21.6. The highest BCUT2D eigenvalue weighted by molar-refractivity contribution is 7.92. The Balaban J connectivity index is 2.33. The molecule has 0 radical (unpaired) electrons. The Morgan fingerprint density at radius 3 is 2.57 bits per heavy atom. The predicted molar refractivity (Wildman–Crippen MR) is 100 cm³/mol. The average Bonchev–Trinajstić information content (AvgIpc) is 2.65. The Kier molecular flexibility index (Phi) is 6.25. The van der Waals surface area contributed by atoms with Crippen molar-refractivity contribution >= 4 is 15.7 Å². The lowest BCUT2D eigenvalue weighted by atomic mass is 10.0. The van der Waals surface area contributed by atoms with Gasteiger partial charge in [-0.3, -0.25) is 14.8 Å². The van der Waals surface area contributed by atoms with Crippen molar-refractivity contribution in [1.82, 2.24) is 10.0 Å². The van der Waals surface area contributed by atoms with E-state index in [-0.39, 0.29) is 24.3 Å². The van der Waals surface area contributed by atoms with Crippen LogP contribution in [0, 0.1) is 5.82 Å². The first-order chi connectivity index (χ1) is 13.0. The largest absolute Gasteiger partial charge is 0.494 e. The normalized spacial score (nSPS) is 13.6. The fourth-order valence-corrected chi connectivity index (χ4v) is 3.52. The third-order valence-corrected chi connectivity index (χ3v) is 6.75. The highest BCUT2D eigenvalue weighted by Crippen LogP contribution is 2.28. The van der Waals surface area contributed by atoms with E-state index in [1.807, 2.05) is 0 Å². The molecule has 2 aromatic rings. The summed E-state index contributed by atoms with van der Waals surface area (Å²) in [6, 6.07) is 7.26. The number of aryl methyl sites for hydroxylation is 1. The molecule has 0 aliphatic carbocycles. The molecule has 1 aromatic heterocycles. The molecule has 2 N–H and O–H groups in total. The number of hydrogen-bond donors (Lipinski definition) is 2. The number of pyridine rings is 1. The summed E-state index contributed by atoms with van der Waals surface area (Å²) in [6.07, 6.45) is 2.01. The van der Waals surface area contributed by atoms with Crippen molar-refractivity contribution in [2.24, 2.45) is 0 Å². The SMILES string of the molecule is COc1cccc(-c2ccn(CC[C@](C)(C(=O)NO)S(C)(=O)=O)c(=O)c2)c1F. The summed E-state index contributed by atoms with van der Waals surface area (Å²) in [5.41, 5.74) is 1.37. The molecule has 152 valence electrons. The number of carbonyl (C=O) groups excluding carboxylic acids is 1. The maximum absolute atomic E-state index is 14.4. The topological polar surface area (TPSA) is 115 Å². The number of ether oxygens (including phenoxy) is 1. The summed E-state index contributed by atoms with van der Waals surface area (Å²) in [7, 11) is -2.54. The molecule has 0 aliphatic heterocycles. The van der Waals surface area contributed by atoms with E-state index in [4.69, 9.17) is 9.94 Å². The number of rotatable bonds is 7. The number of nitrogens with one attached hydrogen (secondary N) is 1. The second-order valence-corrected chi connectivity index (χ2v) is 8.91. The van der Waals surface area contributed by atoms with Crippen molar-refractivity contribution in [1.29, 1.82) is 0 Å². The zero-order chi connectivity index (χ0) is 21.1. The second kappa shape index (κ2) is 8.11. The van der Waals surface area contributed by atoms with E-state index in [1.165, 1.54) is 54.5 Å². The number of aromatic nitrogens is 1. The van der Waals surface area contributed by atoms with Gasteiger partial charge in [0.1, 0.15) is 0 Å². The smallest absolute Gasteiger partial charge is 0.264 e. The van der Waals surface area contributed by atoms with Crippen LogP contribution in [0.2, 0.25) is 0 Å². The average molecular weight is 412 g/mol. The van der Waals surface area contributed by atoms with E-state index >= 15 is 0 Å². The summed E-state index contributed by atoms with van der Waals surface area (Å²) in [6.45, 7) is 1.07. The minimum Gasteiger partial charge on any atom is -0.494 e. The molecule has 8 nitrogen and oxygen atoms in total. The molecule has 0 unspecified atom stereocenters. The van der Waals surface area contributed by atoms with Crippen LogP contribution in [0.15, 0.2) is 41.3 Å². The Labute approximate surface area is 161 Å². The summed E-state index contributed by atoms with van der Waals surface area (Å²) in [5, 5.41) is 8.84. The third-order valence-electron chi connectivity index (χ3n) is 4.72. The summed E-state index contributed by atoms with van der Waals surface area (Å²) in [4.78, 5) is 24.2. The van der Waals surface area contributed by atoms with Gasteiger partial charge in [-0.2, -0.15) is 0 Å². The number of carbonyl (C=O) groups is 1. The van der Waals surface area contributed by atoms with Crippen molar-refractivity contribution in [3.63, 3.8) is 0 Å². The van der Waals surface area contributed by atoms with Crippen LogP contribution in [-0.2, 0) is 21.2 Å². The molecule has 1 atom stereocenters. The number of benzene rings is 1. The molecule has 1 heterocycles. The van der Waals surface area contributed by atoms with Crippen LogP contribution in [-0.4, -0.2) is 42.2 Å².